The molecule has 4 aromatic rings. The van der Waals surface area contributed by atoms with Gasteiger partial charge in [-0.15, -0.1) is 0 Å². The van der Waals surface area contributed by atoms with E-state index in [1.54, 1.807) is 13.2 Å². The molecule has 0 aliphatic rings. The lowest BCUT2D eigenvalue weighted by Crippen LogP contribution is -2.22. The van der Waals surface area contributed by atoms with E-state index in [4.69, 9.17) is 0 Å². The Labute approximate surface area is 157 Å². The summed E-state index contributed by atoms with van der Waals surface area (Å²) in [5.74, 6) is -0.140. The number of hydrogen-bond acceptors (Lipinski definition) is 7. The number of rotatable bonds is 5. The standard InChI is InChI=1S/C17H16FN7OS/c1-9-6-12-13(23-27-22-12)7-11(9)20-16-19-8-14-15(21-16)25(5-4-10(2)18)17(26)24(14)3/h6-8H,2,4-5H2,1,3H3,(H,19,20,21). The Morgan fingerprint density at radius 3 is 2.81 bits per heavy atom. The molecule has 1 N–H and O–H groups in total. The summed E-state index contributed by atoms with van der Waals surface area (Å²) in [6.45, 7) is 5.36. The monoisotopic (exact) mass is 385 g/mol. The van der Waals surface area contributed by atoms with Gasteiger partial charge in [0.2, 0.25) is 5.95 Å². The van der Waals surface area contributed by atoms with Crippen molar-refractivity contribution in [3.05, 3.63) is 46.8 Å². The lowest BCUT2D eigenvalue weighted by molar-refractivity contribution is 0.546. The number of imidazole rings is 1. The van der Waals surface area contributed by atoms with Gasteiger partial charge >= 0.3 is 5.69 Å². The first-order valence-corrected chi connectivity index (χ1v) is 8.92. The van der Waals surface area contributed by atoms with Gasteiger partial charge in [0, 0.05) is 25.7 Å². The van der Waals surface area contributed by atoms with Gasteiger partial charge in [-0.2, -0.15) is 13.7 Å². The number of fused-ring (bicyclic) bond motifs is 2. The SMILES string of the molecule is C=C(F)CCn1c(=O)n(C)c2cnc(Nc3cc4nsnc4cc3C)nc21. The molecular formula is C17H16FN7OS. The summed E-state index contributed by atoms with van der Waals surface area (Å²) in [4.78, 5) is 21.2. The normalized spacial score (nSPS) is 11.4. The molecule has 3 aromatic heterocycles. The maximum absolute atomic E-state index is 13.1. The molecule has 8 nitrogen and oxygen atoms in total. The molecule has 10 heteroatoms. The highest BCUT2D eigenvalue weighted by Crippen LogP contribution is 2.24. The van der Waals surface area contributed by atoms with E-state index in [0.29, 0.717) is 17.1 Å². The van der Waals surface area contributed by atoms with Crippen LogP contribution in [0.1, 0.15) is 12.0 Å². The molecular weight excluding hydrogens is 369 g/mol. The molecule has 0 spiro atoms. The van der Waals surface area contributed by atoms with E-state index in [1.165, 1.54) is 9.13 Å². The third-order valence-corrected chi connectivity index (χ3v) is 4.89. The highest BCUT2D eigenvalue weighted by molar-refractivity contribution is 7.00. The zero-order valence-electron chi connectivity index (χ0n) is 14.7. The number of anilines is 2. The predicted molar refractivity (Wildman–Crippen MR) is 103 cm³/mol. The summed E-state index contributed by atoms with van der Waals surface area (Å²) in [5.41, 5.74) is 4.13. The third-order valence-electron chi connectivity index (χ3n) is 4.34. The summed E-state index contributed by atoms with van der Waals surface area (Å²) in [5, 5.41) is 3.17. The molecule has 27 heavy (non-hydrogen) atoms. The summed E-state index contributed by atoms with van der Waals surface area (Å²) in [6.07, 6.45) is 1.63. The zero-order chi connectivity index (χ0) is 19.1. The maximum Gasteiger partial charge on any atom is 0.330 e. The van der Waals surface area contributed by atoms with Crippen molar-refractivity contribution in [2.24, 2.45) is 7.05 Å². The largest absolute Gasteiger partial charge is 0.330 e. The zero-order valence-corrected chi connectivity index (χ0v) is 15.5. The number of aryl methyl sites for hydroxylation is 3. The topological polar surface area (TPSA) is 90.5 Å². The molecule has 0 aliphatic carbocycles. The van der Waals surface area contributed by atoms with Gasteiger partial charge in [0.1, 0.15) is 16.6 Å². The van der Waals surface area contributed by atoms with Crippen molar-refractivity contribution >= 4 is 45.6 Å². The summed E-state index contributed by atoms with van der Waals surface area (Å²) >= 11 is 1.15. The number of benzene rings is 1. The van der Waals surface area contributed by atoms with Gasteiger partial charge in [0.05, 0.1) is 23.8 Å². The molecule has 0 unspecified atom stereocenters. The number of nitrogens with one attached hydrogen (secondary N) is 1. The third kappa shape index (κ3) is 3.08. The van der Waals surface area contributed by atoms with Crippen LogP contribution in [0.15, 0.2) is 35.5 Å². The van der Waals surface area contributed by atoms with Crippen LogP contribution < -0.4 is 11.0 Å². The molecule has 138 valence electrons. The lowest BCUT2D eigenvalue weighted by atomic mass is 10.2. The van der Waals surface area contributed by atoms with Crippen LogP contribution in [0, 0.1) is 6.92 Å². The molecule has 0 aliphatic heterocycles. The Bertz CT molecular complexity index is 1240. The Morgan fingerprint density at radius 1 is 1.33 bits per heavy atom. The van der Waals surface area contributed by atoms with Gasteiger partial charge < -0.3 is 5.32 Å². The smallest absolute Gasteiger partial charge is 0.324 e. The molecule has 0 fully saturated rings. The van der Waals surface area contributed by atoms with Gasteiger partial charge in [0.25, 0.3) is 0 Å². The number of aromatic nitrogens is 6. The summed E-state index contributed by atoms with van der Waals surface area (Å²) in [6, 6.07) is 3.82. The first-order valence-electron chi connectivity index (χ1n) is 8.19. The minimum Gasteiger partial charge on any atom is -0.324 e. The first kappa shape index (κ1) is 17.3. The number of nitrogens with zero attached hydrogens (tertiary/aromatic N) is 6. The minimum absolute atomic E-state index is 0.0540. The van der Waals surface area contributed by atoms with E-state index in [0.717, 1.165) is 34.0 Å². The van der Waals surface area contributed by atoms with Crippen LogP contribution in [0.5, 0.6) is 0 Å². The molecule has 0 atom stereocenters. The van der Waals surface area contributed by atoms with Crippen molar-refractivity contribution in [1.29, 1.82) is 0 Å². The fourth-order valence-electron chi connectivity index (χ4n) is 2.86. The molecule has 4 rings (SSSR count). The number of halogens is 1. The van der Waals surface area contributed by atoms with Crippen LogP contribution in [0.3, 0.4) is 0 Å². The molecule has 1 aromatic carbocycles. The van der Waals surface area contributed by atoms with Crippen molar-refractivity contribution in [3.8, 4) is 0 Å². The summed E-state index contributed by atoms with van der Waals surface area (Å²) < 4.78 is 24.4. The van der Waals surface area contributed by atoms with Crippen LogP contribution in [0.4, 0.5) is 16.0 Å². The molecule has 0 bridgehead atoms. The van der Waals surface area contributed by atoms with E-state index in [9.17, 15) is 9.18 Å². The molecule has 0 saturated heterocycles. The quantitative estimate of drug-likeness (QED) is 0.568. The van der Waals surface area contributed by atoms with Gasteiger partial charge in [-0.05, 0) is 24.6 Å². The first-order chi connectivity index (χ1) is 12.9. The van der Waals surface area contributed by atoms with Crippen molar-refractivity contribution < 1.29 is 4.39 Å². The van der Waals surface area contributed by atoms with E-state index in [1.807, 2.05) is 19.1 Å². The van der Waals surface area contributed by atoms with Crippen molar-refractivity contribution in [2.75, 3.05) is 5.32 Å². The van der Waals surface area contributed by atoms with Crippen LogP contribution in [0.2, 0.25) is 0 Å². The van der Waals surface area contributed by atoms with E-state index >= 15 is 0 Å². The van der Waals surface area contributed by atoms with Crippen molar-refractivity contribution in [2.45, 2.75) is 19.9 Å². The van der Waals surface area contributed by atoms with Gasteiger partial charge in [-0.1, -0.05) is 6.58 Å². The van der Waals surface area contributed by atoms with Crippen molar-refractivity contribution in [1.82, 2.24) is 27.8 Å². The lowest BCUT2D eigenvalue weighted by Gasteiger charge is -2.08. The van der Waals surface area contributed by atoms with Crippen molar-refractivity contribution in [3.63, 3.8) is 0 Å². The minimum atomic E-state index is -0.480. The number of allylic oxidation sites excluding steroid dienone is 1. The highest BCUT2D eigenvalue weighted by atomic mass is 32.1. The molecule has 0 amide bonds. The van der Waals surface area contributed by atoms with E-state index < -0.39 is 5.83 Å². The van der Waals surface area contributed by atoms with E-state index in [2.05, 4.69) is 30.6 Å². The highest BCUT2D eigenvalue weighted by Gasteiger charge is 2.14. The molecule has 0 saturated carbocycles. The second kappa shape index (κ2) is 6.54. The Morgan fingerprint density at radius 2 is 2.07 bits per heavy atom. The van der Waals surface area contributed by atoms with Gasteiger partial charge in [-0.3, -0.25) is 9.13 Å². The van der Waals surface area contributed by atoms with Crippen LogP contribution in [0.25, 0.3) is 22.2 Å². The fourth-order valence-corrected chi connectivity index (χ4v) is 3.37. The second-order valence-corrected chi connectivity index (χ2v) is 6.74. The van der Waals surface area contributed by atoms with E-state index in [-0.39, 0.29) is 18.7 Å². The van der Waals surface area contributed by atoms with Crippen LogP contribution >= 0.6 is 11.7 Å². The predicted octanol–water partition coefficient (Wildman–Crippen LogP) is 3.06. The van der Waals surface area contributed by atoms with Crippen LogP contribution in [-0.2, 0) is 13.6 Å². The average Bonchev–Trinajstić information content (AvgIpc) is 3.17. The molecule has 3 heterocycles. The summed E-state index contributed by atoms with van der Waals surface area (Å²) in [7, 11) is 1.63. The molecule has 0 radical (unpaired) electrons. The maximum atomic E-state index is 13.1. The Kier molecular flexibility index (Phi) is 4.19. The second-order valence-electron chi connectivity index (χ2n) is 6.21. The fraction of sp³-hybridized carbons (Fsp3) is 0.235. The van der Waals surface area contributed by atoms with Crippen LogP contribution in [-0.4, -0.2) is 27.8 Å². The Balaban J connectivity index is 1.75. The van der Waals surface area contributed by atoms with Gasteiger partial charge in [-0.25, -0.2) is 14.2 Å². The average molecular weight is 385 g/mol. The number of hydrogen-bond donors (Lipinski definition) is 1. The van der Waals surface area contributed by atoms with Gasteiger partial charge in [0.15, 0.2) is 5.65 Å². The Hall–Kier alpha value is -3.14.